The quantitative estimate of drug-likeness (QED) is 0.692. The van der Waals surface area contributed by atoms with Gasteiger partial charge in [-0.05, 0) is 18.8 Å². The molecule has 1 fully saturated rings. The average molecular weight is 197 g/mol. The van der Waals surface area contributed by atoms with Crippen LogP contribution in [0.4, 0.5) is 0 Å². The molecule has 1 aliphatic carbocycles. The number of hydrogen-bond acceptors (Lipinski definition) is 1. The highest BCUT2D eigenvalue weighted by Crippen LogP contribution is 2.51. The van der Waals surface area contributed by atoms with E-state index in [-0.39, 0.29) is 17.2 Å². The van der Waals surface area contributed by atoms with Crippen molar-refractivity contribution in [3.05, 3.63) is 12.2 Å². The van der Waals surface area contributed by atoms with Crippen LogP contribution in [0.15, 0.2) is 12.2 Å². The summed E-state index contributed by atoms with van der Waals surface area (Å²) in [5, 5.41) is 2.88. The normalized spacial score (nSPS) is 22.5. The van der Waals surface area contributed by atoms with Crippen molar-refractivity contribution in [1.29, 1.82) is 0 Å². The first-order valence-electron chi connectivity index (χ1n) is 5.47. The summed E-state index contributed by atoms with van der Waals surface area (Å²) >= 11 is 0. The summed E-state index contributed by atoms with van der Waals surface area (Å²) in [6, 6.07) is 0. The molecule has 82 valence electrons. The predicted octanol–water partition coefficient (Wildman–Crippen LogP) is 2.75. The van der Waals surface area contributed by atoms with Gasteiger partial charge in [0.25, 0.3) is 0 Å². The predicted molar refractivity (Wildman–Crippen MR) is 61.1 cm³/mol. The molecule has 2 nitrogen and oxygen atoms in total. The fourth-order valence-corrected chi connectivity index (χ4v) is 1.32. The van der Waals surface area contributed by atoms with Crippen LogP contribution in [0.5, 0.6) is 0 Å². The van der Waals surface area contributed by atoms with E-state index in [2.05, 4.69) is 19.2 Å². The van der Waals surface area contributed by atoms with E-state index in [1.807, 2.05) is 32.9 Å². The summed E-state index contributed by atoms with van der Waals surface area (Å²) in [6.07, 6.45) is 4.93. The van der Waals surface area contributed by atoms with Gasteiger partial charge in [-0.15, -0.1) is 0 Å². The maximum Gasteiger partial charge on any atom is 0.223 e. The Morgan fingerprint density at radius 1 is 1.50 bits per heavy atom. The molecule has 1 rings (SSSR count). The van der Waals surface area contributed by atoms with Crippen LogP contribution in [0, 0.1) is 11.3 Å². The van der Waals surface area contributed by atoms with E-state index in [9.17, 15) is 4.79 Å². The zero-order valence-electron chi connectivity index (χ0n) is 10.1. The summed E-state index contributed by atoms with van der Waals surface area (Å²) in [4.78, 5) is 11.4. The lowest BCUT2D eigenvalue weighted by Crippen LogP contribution is -2.26. The Morgan fingerprint density at radius 2 is 2.00 bits per heavy atom. The molecule has 0 aromatic heterocycles. The second kappa shape index (κ2) is 5.84. The monoisotopic (exact) mass is 197 g/mol. The number of nitrogens with one attached hydrogen (secondary N) is 1. The molecule has 1 N–H and O–H groups in total. The van der Waals surface area contributed by atoms with Crippen LogP contribution in [0.2, 0.25) is 0 Å². The molecule has 1 amide bonds. The maximum atomic E-state index is 11.4. The van der Waals surface area contributed by atoms with Crippen molar-refractivity contribution in [2.24, 2.45) is 11.3 Å². The Balaban J connectivity index is 0.000000791. The first kappa shape index (κ1) is 13.2. The molecule has 0 spiro atoms. The Labute approximate surface area is 87.8 Å². The van der Waals surface area contributed by atoms with Crippen LogP contribution in [0.1, 0.15) is 41.0 Å². The highest BCUT2D eigenvalue weighted by atomic mass is 16.2. The van der Waals surface area contributed by atoms with Crippen LogP contribution < -0.4 is 5.32 Å². The zero-order valence-corrected chi connectivity index (χ0v) is 10.1. The summed E-state index contributed by atoms with van der Waals surface area (Å²) in [5.74, 6) is 0.459. The maximum absolute atomic E-state index is 11.4. The van der Waals surface area contributed by atoms with Crippen LogP contribution in [0.25, 0.3) is 0 Å². The minimum absolute atomic E-state index is 0.207. The highest BCUT2D eigenvalue weighted by molar-refractivity contribution is 5.82. The number of amides is 1. The van der Waals surface area contributed by atoms with Gasteiger partial charge in [0.15, 0.2) is 0 Å². The van der Waals surface area contributed by atoms with Gasteiger partial charge in [-0.2, -0.15) is 0 Å². The van der Waals surface area contributed by atoms with Crippen molar-refractivity contribution in [3.8, 4) is 0 Å². The number of carbonyl (C=O) groups is 1. The SMILES string of the molecule is C/C=C/CNC(=O)C1CC1(C)C.CC. The van der Waals surface area contributed by atoms with Crippen molar-refractivity contribution >= 4 is 5.91 Å². The second-order valence-corrected chi connectivity index (χ2v) is 4.06. The smallest absolute Gasteiger partial charge is 0.223 e. The van der Waals surface area contributed by atoms with Crippen molar-refractivity contribution in [3.63, 3.8) is 0 Å². The van der Waals surface area contributed by atoms with Gasteiger partial charge in [0, 0.05) is 12.5 Å². The first-order chi connectivity index (χ1) is 6.58. The van der Waals surface area contributed by atoms with Crippen molar-refractivity contribution < 1.29 is 4.79 Å². The van der Waals surface area contributed by atoms with Gasteiger partial charge >= 0.3 is 0 Å². The van der Waals surface area contributed by atoms with Gasteiger partial charge < -0.3 is 5.32 Å². The van der Waals surface area contributed by atoms with Gasteiger partial charge in [-0.25, -0.2) is 0 Å². The Morgan fingerprint density at radius 3 is 2.36 bits per heavy atom. The molecule has 2 heteroatoms. The third kappa shape index (κ3) is 3.95. The molecule has 1 atom stereocenters. The first-order valence-corrected chi connectivity index (χ1v) is 5.47. The molecule has 0 bridgehead atoms. The van der Waals surface area contributed by atoms with Crippen LogP contribution >= 0.6 is 0 Å². The van der Waals surface area contributed by atoms with Crippen LogP contribution in [-0.2, 0) is 4.79 Å². The zero-order chi connectivity index (χ0) is 11.2. The van der Waals surface area contributed by atoms with Gasteiger partial charge in [0.1, 0.15) is 0 Å². The van der Waals surface area contributed by atoms with Crippen LogP contribution in [-0.4, -0.2) is 12.5 Å². The summed E-state index contributed by atoms with van der Waals surface area (Å²) < 4.78 is 0. The van der Waals surface area contributed by atoms with E-state index in [1.165, 1.54) is 0 Å². The molecule has 0 aromatic carbocycles. The summed E-state index contributed by atoms with van der Waals surface area (Å²) in [6.45, 7) is 10.9. The largest absolute Gasteiger partial charge is 0.352 e. The minimum Gasteiger partial charge on any atom is -0.352 e. The van der Waals surface area contributed by atoms with Gasteiger partial charge in [0.05, 0.1) is 0 Å². The van der Waals surface area contributed by atoms with Crippen molar-refractivity contribution in [2.75, 3.05) is 6.54 Å². The Kier molecular flexibility index (Phi) is 5.51. The molecular weight excluding hydrogens is 174 g/mol. The van der Waals surface area contributed by atoms with E-state index in [0.717, 1.165) is 6.42 Å². The molecule has 1 saturated carbocycles. The highest BCUT2D eigenvalue weighted by Gasteiger charge is 2.50. The molecule has 0 radical (unpaired) electrons. The number of carbonyl (C=O) groups excluding carboxylic acids is 1. The van der Waals surface area contributed by atoms with Crippen LogP contribution in [0.3, 0.4) is 0 Å². The average Bonchev–Trinajstić information content (AvgIpc) is 2.79. The molecule has 0 heterocycles. The molecule has 0 aliphatic heterocycles. The van der Waals surface area contributed by atoms with Gasteiger partial charge in [-0.1, -0.05) is 39.8 Å². The molecule has 1 aliphatic rings. The topological polar surface area (TPSA) is 29.1 Å². The van der Waals surface area contributed by atoms with E-state index in [4.69, 9.17) is 0 Å². The minimum atomic E-state index is 0.207. The molecular formula is C12H23NO. The van der Waals surface area contributed by atoms with E-state index < -0.39 is 0 Å². The summed E-state index contributed by atoms with van der Waals surface area (Å²) in [7, 11) is 0. The third-order valence-electron chi connectivity index (χ3n) is 2.46. The van der Waals surface area contributed by atoms with E-state index >= 15 is 0 Å². The van der Waals surface area contributed by atoms with Gasteiger partial charge in [-0.3, -0.25) is 4.79 Å². The fourth-order valence-electron chi connectivity index (χ4n) is 1.32. The van der Waals surface area contributed by atoms with Crippen molar-refractivity contribution in [2.45, 2.75) is 41.0 Å². The second-order valence-electron chi connectivity index (χ2n) is 4.06. The number of hydrogen-bond donors (Lipinski definition) is 1. The number of allylic oxidation sites excluding steroid dienone is 1. The lowest BCUT2D eigenvalue weighted by Gasteiger charge is -2.03. The molecule has 0 saturated heterocycles. The number of rotatable bonds is 3. The lowest BCUT2D eigenvalue weighted by atomic mass is 10.1. The summed E-state index contributed by atoms with van der Waals surface area (Å²) in [5.41, 5.74) is 0.250. The van der Waals surface area contributed by atoms with E-state index in [0.29, 0.717) is 6.54 Å². The lowest BCUT2D eigenvalue weighted by molar-refractivity contribution is -0.122. The molecule has 1 unspecified atom stereocenters. The third-order valence-corrected chi connectivity index (χ3v) is 2.46. The standard InChI is InChI=1S/C10H17NO.C2H6/c1-4-5-6-11-9(12)8-7-10(8,2)3;1-2/h4-5,8H,6-7H2,1-3H3,(H,11,12);1-2H3/b5-4+;. The van der Waals surface area contributed by atoms with Crippen molar-refractivity contribution in [1.82, 2.24) is 5.32 Å². The van der Waals surface area contributed by atoms with E-state index in [1.54, 1.807) is 0 Å². The fraction of sp³-hybridized carbons (Fsp3) is 0.750. The Hall–Kier alpha value is -0.790. The molecule has 14 heavy (non-hydrogen) atoms. The Bertz CT molecular complexity index is 206. The van der Waals surface area contributed by atoms with Gasteiger partial charge in [0.2, 0.25) is 5.91 Å². The molecule has 0 aromatic rings.